The minimum absolute atomic E-state index is 0.190. The van der Waals surface area contributed by atoms with Crippen LogP contribution in [0.4, 0.5) is 11.6 Å². The number of nitrogens with zero attached hydrogens (tertiary/aromatic N) is 5. The van der Waals surface area contributed by atoms with Crippen LogP contribution >= 0.6 is 23.4 Å². The van der Waals surface area contributed by atoms with Gasteiger partial charge in [-0.05, 0) is 24.6 Å². The van der Waals surface area contributed by atoms with E-state index in [-0.39, 0.29) is 11.9 Å². The van der Waals surface area contributed by atoms with Crippen molar-refractivity contribution in [1.82, 2.24) is 19.9 Å². The van der Waals surface area contributed by atoms with Gasteiger partial charge in [0.25, 0.3) is 0 Å². The summed E-state index contributed by atoms with van der Waals surface area (Å²) >= 11 is 7.58. The maximum atomic E-state index is 9.99. The standard InChI is InChI=1S/C17H18ClN7OS/c18-15-12(3-5-21-16(15)20)27-14-2-1-10-17(24-14)22-7-13(23-10)25-6-4-9(19)11(26)8-25/h1-3,5,7,9,11,26H,4,6,8,19H2,(H2,20,21)/t9-,11-/m1/s1. The Labute approximate surface area is 165 Å². The van der Waals surface area contributed by atoms with Crippen molar-refractivity contribution in [3.63, 3.8) is 0 Å². The number of fused-ring (bicyclic) bond motifs is 1. The Kier molecular flexibility index (Phi) is 5.00. The number of aliphatic hydroxyl groups excluding tert-OH is 1. The Bertz CT molecular complexity index is 989. The van der Waals surface area contributed by atoms with Crippen LogP contribution < -0.4 is 16.4 Å². The van der Waals surface area contributed by atoms with Crippen LogP contribution in [0, 0.1) is 0 Å². The Morgan fingerprint density at radius 2 is 2.07 bits per heavy atom. The number of aromatic nitrogens is 4. The van der Waals surface area contributed by atoms with Gasteiger partial charge in [0.1, 0.15) is 22.2 Å². The van der Waals surface area contributed by atoms with E-state index >= 15 is 0 Å². The highest BCUT2D eigenvalue weighted by Gasteiger charge is 2.25. The van der Waals surface area contributed by atoms with Crippen LogP contribution in [0.3, 0.4) is 0 Å². The quantitative estimate of drug-likeness (QED) is 0.598. The third kappa shape index (κ3) is 3.77. The van der Waals surface area contributed by atoms with Crippen molar-refractivity contribution >= 4 is 46.2 Å². The fraction of sp³-hybridized carbons (Fsp3) is 0.294. The van der Waals surface area contributed by atoms with E-state index in [1.165, 1.54) is 11.8 Å². The van der Waals surface area contributed by atoms with Crippen LogP contribution in [0.5, 0.6) is 0 Å². The summed E-state index contributed by atoms with van der Waals surface area (Å²) in [6.07, 6.45) is 3.43. The molecule has 2 atom stereocenters. The number of pyridine rings is 2. The number of hydrogen-bond donors (Lipinski definition) is 3. The first-order valence-corrected chi connectivity index (χ1v) is 9.61. The summed E-state index contributed by atoms with van der Waals surface area (Å²) in [7, 11) is 0. The number of aliphatic hydroxyl groups is 1. The van der Waals surface area contributed by atoms with E-state index in [4.69, 9.17) is 23.1 Å². The molecule has 0 aromatic carbocycles. The number of halogens is 1. The largest absolute Gasteiger partial charge is 0.390 e. The molecule has 0 saturated carbocycles. The summed E-state index contributed by atoms with van der Waals surface area (Å²) in [5.41, 5.74) is 12.8. The van der Waals surface area contributed by atoms with Crippen LogP contribution in [-0.2, 0) is 0 Å². The molecule has 4 heterocycles. The number of anilines is 2. The molecule has 140 valence electrons. The molecule has 1 aliphatic rings. The predicted molar refractivity (Wildman–Crippen MR) is 106 cm³/mol. The summed E-state index contributed by atoms with van der Waals surface area (Å²) in [5, 5.41) is 11.1. The summed E-state index contributed by atoms with van der Waals surface area (Å²) in [6, 6.07) is 5.33. The third-order valence-electron chi connectivity index (χ3n) is 4.42. The zero-order valence-electron chi connectivity index (χ0n) is 14.3. The SMILES string of the molecule is Nc1nccc(Sc2ccc3nc(N4CC[C@@H](N)[C@H](O)C4)cnc3n2)c1Cl. The first-order valence-electron chi connectivity index (χ1n) is 8.41. The zero-order valence-corrected chi connectivity index (χ0v) is 15.9. The third-order valence-corrected chi connectivity index (χ3v) is 5.93. The molecule has 10 heteroatoms. The smallest absolute Gasteiger partial charge is 0.179 e. The van der Waals surface area contributed by atoms with Gasteiger partial charge < -0.3 is 21.5 Å². The average Bonchev–Trinajstić information content (AvgIpc) is 2.67. The molecule has 1 aliphatic heterocycles. The first-order chi connectivity index (χ1) is 13.0. The number of nitrogen functional groups attached to an aromatic ring is 1. The van der Waals surface area contributed by atoms with Crippen LogP contribution in [-0.4, -0.2) is 50.3 Å². The second-order valence-corrected chi connectivity index (χ2v) is 7.74. The lowest BCUT2D eigenvalue weighted by Crippen LogP contribution is -2.50. The molecule has 0 bridgehead atoms. The maximum absolute atomic E-state index is 9.99. The van der Waals surface area contributed by atoms with Gasteiger partial charge in [0.15, 0.2) is 5.65 Å². The minimum Gasteiger partial charge on any atom is -0.390 e. The molecule has 0 amide bonds. The summed E-state index contributed by atoms with van der Waals surface area (Å²) in [6.45, 7) is 1.19. The van der Waals surface area contributed by atoms with Crippen LogP contribution in [0.1, 0.15) is 6.42 Å². The van der Waals surface area contributed by atoms with Crippen molar-refractivity contribution in [2.45, 2.75) is 28.5 Å². The van der Waals surface area contributed by atoms with Gasteiger partial charge >= 0.3 is 0 Å². The second-order valence-electron chi connectivity index (χ2n) is 6.30. The Balaban J connectivity index is 1.58. The first kappa shape index (κ1) is 18.2. The molecule has 5 N–H and O–H groups in total. The van der Waals surface area contributed by atoms with Crippen LogP contribution in [0.2, 0.25) is 5.02 Å². The van der Waals surface area contributed by atoms with E-state index in [0.29, 0.717) is 35.0 Å². The fourth-order valence-electron chi connectivity index (χ4n) is 2.88. The van der Waals surface area contributed by atoms with Crippen molar-refractivity contribution in [3.05, 3.63) is 35.6 Å². The van der Waals surface area contributed by atoms with E-state index in [0.717, 1.165) is 16.5 Å². The molecule has 8 nitrogen and oxygen atoms in total. The molecule has 0 radical (unpaired) electrons. The summed E-state index contributed by atoms with van der Waals surface area (Å²) in [5.74, 6) is 0.996. The highest BCUT2D eigenvalue weighted by atomic mass is 35.5. The highest BCUT2D eigenvalue weighted by molar-refractivity contribution is 7.99. The van der Waals surface area contributed by atoms with E-state index in [2.05, 4.69) is 19.9 Å². The fourth-order valence-corrected chi connectivity index (χ4v) is 3.92. The normalized spacial score (nSPS) is 20.2. The van der Waals surface area contributed by atoms with Gasteiger partial charge in [-0.25, -0.2) is 19.9 Å². The minimum atomic E-state index is -0.564. The molecule has 1 saturated heterocycles. The lowest BCUT2D eigenvalue weighted by Gasteiger charge is -2.34. The molecule has 1 fully saturated rings. The Morgan fingerprint density at radius 3 is 2.89 bits per heavy atom. The van der Waals surface area contributed by atoms with E-state index < -0.39 is 6.10 Å². The van der Waals surface area contributed by atoms with Gasteiger partial charge in [0, 0.05) is 30.2 Å². The maximum Gasteiger partial charge on any atom is 0.179 e. The van der Waals surface area contributed by atoms with Crippen LogP contribution in [0.25, 0.3) is 11.2 Å². The zero-order chi connectivity index (χ0) is 19.0. The number of hydrogen-bond acceptors (Lipinski definition) is 9. The molecule has 3 aromatic rings. The average molecular weight is 404 g/mol. The monoisotopic (exact) mass is 403 g/mol. The molecule has 0 aliphatic carbocycles. The van der Waals surface area contributed by atoms with Gasteiger partial charge in [-0.15, -0.1) is 0 Å². The highest BCUT2D eigenvalue weighted by Crippen LogP contribution is 2.34. The van der Waals surface area contributed by atoms with Crippen molar-refractivity contribution < 1.29 is 5.11 Å². The summed E-state index contributed by atoms with van der Waals surface area (Å²) < 4.78 is 0. The molecule has 4 rings (SSSR count). The topological polar surface area (TPSA) is 127 Å². The van der Waals surface area contributed by atoms with Gasteiger partial charge in [-0.2, -0.15) is 0 Å². The Morgan fingerprint density at radius 1 is 1.22 bits per heavy atom. The predicted octanol–water partition coefficient (Wildman–Crippen LogP) is 1.70. The second kappa shape index (κ2) is 7.43. The van der Waals surface area contributed by atoms with Gasteiger partial charge in [0.2, 0.25) is 0 Å². The van der Waals surface area contributed by atoms with Crippen molar-refractivity contribution in [2.75, 3.05) is 23.7 Å². The van der Waals surface area contributed by atoms with Gasteiger partial charge in [0.05, 0.1) is 17.3 Å². The number of piperidine rings is 1. The molecule has 27 heavy (non-hydrogen) atoms. The lowest BCUT2D eigenvalue weighted by atomic mass is 10.0. The van der Waals surface area contributed by atoms with Crippen LogP contribution in [0.15, 0.2) is 40.5 Å². The van der Waals surface area contributed by atoms with E-state index in [9.17, 15) is 5.11 Å². The molecular formula is C17H18ClN7OS. The summed E-state index contributed by atoms with van der Waals surface area (Å²) in [4.78, 5) is 20.3. The molecule has 3 aromatic heterocycles. The Hall–Kier alpha value is -2.20. The number of β-amino-alcohol motifs (C(OH)–C–C–N with tert-alkyl or cyclic N) is 1. The van der Waals surface area contributed by atoms with E-state index in [1.54, 1.807) is 18.5 Å². The van der Waals surface area contributed by atoms with Gasteiger partial charge in [-0.3, -0.25) is 0 Å². The lowest BCUT2D eigenvalue weighted by molar-refractivity contribution is 0.131. The molecular weight excluding hydrogens is 386 g/mol. The van der Waals surface area contributed by atoms with Crippen molar-refractivity contribution in [3.8, 4) is 0 Å². The number of nitrogens with two attached hydrogens (primary N) is 2. The number of rotatable bonds is 3. The molecule has 0 unspecified atom stereocenters. The van der Waals surface area contributed by atoms with Crippen molar-refractivity contribution in [2.24, 2.45) is 5.73 Å². The van der Waals surface area contributed by atoms with Crippen molar-refractivity contribution in [1.29, 1.82) is 0 Å². The van der Waals surface area contributed by atoms with Gasteiger partial charge in [-0.1, -0.05) is 23.4 Å². The van der Waals surface area contributed by atoms with E-state index in [1.807, 2.05) is 17.0 Å². The molecule has 0 spiro atoms.